The van der Waals surface area contributed by atoms with Gasteiger partial charge in [0.2, 0.25) is 6.10 Å². The van der Waals surface area contributed by atoms with E-state index in [1.54, 1.807) is 16.9 Å². The molecule has 0 spiro atoms. The minimum atomic E-state index is -0.660. The van der Waals surface area contributed by atoms with E-state index >= 15 is 0 Å². The number of carbonyl (C=O) groups excluding carboxylic acids is 1. The van der Waals surface area contributed by atoms with Crippen LogP contribution in [0.5, 0.6) is 11.5 Å². The van der Waals surface area contributed by atoms with E-state index in [2.05, 4.69) is 10.4 Å². The molecule has 6 heteroatoms. The Morgan fingerprint density at radius 3 is 2.76 bits per heavy atom. The quantitative estimate of drug-likeness (QED) is 0.795. The summed E-state index contributed by atoms with van der Waals surface area (Å²) in [5.74, 6) is 1.05. The second-order valence-electron chi connectivity index (χ2n) is 5.66. The van der Waals surface area contributed by atoms with E-state index in [0.29, 0.717) is 18.0 Å². The van der Waals surface area contributed by atoms with Crippen LogP contribution >= 0.6 is 0 Å². The van der Waals surface area contributed by atoms with Crippen LogP contribution in [-0.2, 0) is 11.3 Å². The van der Waals surface area contributed by atoms with Crippen LogP contribution in [0.4, 0.5) is 0 Å². The first-order valence-electron chi connectivity index (χ1n) is 8.05. The predicted octanol–water partition coefficient (Wildman–Crippen LogP) is 2.33. The number of ether oxygens (including phenoxy) is 2. The highest BCUT2D eigenvalue weighted by molar-refractivity contribution is 5.81. The minimum absolute atomic E-state index is 0.198. The Balaban J connectivity index is 1.44. The van der Waals surface area contributed by atoms with Gasteiger partial charge in [-0.05, 0) is 29.8 Å². The third-order valence-corrected chi connectivity index (χ3v) is 4.00. The van der Waals surface area contributed by atoms with Crippen molar-refractivity contribution >= 4 is 5.91 Å². The fourth-order valence-electron chi connectivity index (χ4n) is 2.74. The summed E-state index contributed by atoms with van der Waals surface area (Å²) in [4.78, 5) is 12.4. The molecule has 1 atom stereocenters. The fraction of sp³-hybridized carbons (Fsp3) is 0.158. The van der Waals surface area contributed by atoms with E-state index in [9.17, 15) is 4.79 Å². The van der Waals surface area contributed by atoms with Crippen molar-refractivity contribution in [2.75, 3.05) is 6.61 Å². The van der Waals surface area contributed by atoms with E-state index in [-0.39, 0.29) is 12.5 Å². The number of rotatable bonds is 4. The molecule has 2 aromatic carbocycles. The van der Waals surface area contributed by atoms with Gasteiger partial charge in [0.25, 0.3) is 5.91 Å². The van der Waals surface area contributed by atoms with Crippen LogP contribution in [-0.4, -0.2) is 28.4 Å². The molecule has 1 N–H and O–H groups in total. The van der Waals surface area contributed by atoms with E-state index in [1.165, 1.54) is 0 Å². The SMILES string of the molecule is O=C(NCc1ccccc1-n1cccn1)C1COc2ccccc2O1. The summed E-state index contributed by atoms with van der Waals surface area (Å²) in [5.41, 5.74) is 1.90. The number of hydrogen-bond acceptors (Lipinski definition) is 4. The van der Waals surface area contributed by atoms with Crippen molar-refractivity contribution in [3.63, 3.8) is 0 Å². The number of fused-ring (bicyclic) bond motifs is 1. The summed E-state index contributed by atoms with van der Waals surface area (Å²) < 4.78 is 13.1. The topological polar surface area (TPSA) is 65.4 Å². The molecule has 126 valence electrons. The van der Waals surface area contributed by atoms with Gasteiger partial charge in [0.05, 0.1) is 5.69 Å². The van der Waals surface area contributed by atoms with Crippen LogP contribution in [0, 0.1) is 0 Å². The average Bonchev–Trinajstić information content (AvgIpc) is 3.20. The monoisotopic (exact) mass is 335 g/mol. The summed E-state index contributed by atoms with van der Waals surface area (Å²) in [6.07, 6.45) is 2.93. The van der Waals surface area contributed by atoms with Gasteiger partial charge in [0.15, 0.2) is 11.5 Å². The first kappa shape index (κ1) is 15.3. The van der Waals surface area contributed by atoms with Crippen molar-refractivity contribution in [2.24, 2.45) is 0 Å². The van der Waals surface area contributed by atoms with Crippen molar-refractivity contribution in [2.45, 2.75) is 12.6 Å². The van der Waals surface area contributed by atoms with E-state index < -0.39 is 6.10 Å². The molecule has 0 radical (unpaired) electrons. The largest absolute Gasteiger partial charge is 0.485 e. The average molecular weight is 335 g/mol. The normalized spacial score (nSPS) is 15.6. The highest BCUT2D eigenvalue weighted by atomic mass is 16.6. The zero-order valence-corrected chi connectivity index (χ0v) is 13.5. The summed E-state index contributed by atoms with van der Waals surface area (Å²) in [7, 11) is 0. The lowest BCUT2D eigenvalue weighted by atomic mass is 10.1. The fourth-order valence-corrected chi connectivity index (χ4v) is 2.74. The molecule has 1 aliphatic rings. The van der Waals surface area contributed by atoms with Gasteiger partial charge in [-0.2, -0.15) is 5.10 Å². The van der Waals surface area contributed by atoms with E-state index in [1.807, 2.05) is 54.7 Å². The van der Waals surface area contributed by atoms with Crippen LogP contribution < -0.4 is 14.8 Å². The summed E-state index contributed by atoms with van der Waals surface area (Å²) in [6.45, 7) is 0.583. The standard InChI is InChI=1S/C19H17N3O3/c23-19(18-13-24-16-8-3-4-9-17(16)25-18)20-12-14-6-1-2-7-15(14)22-11-5-10-21-22/h1-11,18H,12-13H2,(H,20,23). The van der Waals surface area contributed by atoms with Gasteiger partial charge >= 0.3 is 0 Å². The Hall–Kier alpha value is -3.28. The van der Waals surface area contributed by atoms with Crippen LogP contribution in [0.25, 0.3) is 5.69 Å². The maximum Gasteiger partial charge on any atom is 0.264 e. The van der Waals surface area contributed by atoms with Crippen molar-refractivity contribution in [1.29, 1.82) is 0 Å². The Kier molecular flexibility index (Phi) is 4.08. The van der Waals surface area contributed by atoms with Gasteiger partial charge in [0, 0.05) is 18.9 Å². The van der Waals surface area contributed by atoms with Gasteiger partial charge in [-0.15, -0.1) is 0 Å². The number of carbonyl (C=O) groups is 1. The first-order valence-corrected chi connectivity index (χ1v) is 8.05. The number of aromatic nitrogens is 2. The van der Waals surface area contributed by atoms with Crippen molar-refractivity contribution in [3.8, 4) is 17.2 Å². The molecule has 0 saturated heterocycles. The Morgan fingerprint density at radius 1 is 1.12 bits per heavy atom. The number of benzene rings is 2. The van der Waals surface area contributed by atoms with Crippen molar-refractivity contribution in [1.82, 2.24) is 15.1 Å². The Bertz CT molecular complexity index is 877. The number of para-hydroxylation sites is 3. The molecule has 0 bridgehead atoms. The molecular weight excluding hydrogens is 318 g/mol. The zero-order valence-electron chi connectivity index (χ0n) is 13.5. The molecule has 4 rings (SSSR count). The second kappa shape index (κ2) is 6.68. The molecule has 1 unspecified atom stereocenters. The van der Waals surface area contributed by atoms with Gasteiger partial charge in [0.1, 0.15) is 6.61 Å². The lowest BCUT2D eigenvalue weighted by Gasteiger charge is -2.25. The number of hydrogen-bond donors (Lipinski definition) is 1. The maximum atomic E-state index is 12.4. The van der Waals surface area contributed by atoms with Gasteiger partial charge in [-0.3, -0.25) is 4.79 Å². The van der Waals surface area contributed by atoms with Gasteiger partial charge < -0.3 is 14.8 Å². The summed E-state index contributed by atoms with van der Waals surface area (Å²) >= 11 is 0. The van der Waals surface area contributed by atoms with Crippen LogP contribution in [0.15, 0.2) is 67.0 Å². The highest BCUT2D eigenvalue weighted by Crippen LogP contribution is 2.30. The van der Waals surface area contributed by atoms with Crippen molar-refractivity contribution in [3.05, 3.63) is 72.6 Å². The Labute approximate surface area is 145 Å². The molecule has 2 heterocycles. The molecule has 6 nitrogen and oxygen atoms in total. The summed E-state index contributed by atoms with van der Waals surface area (Å²) in [5, 5.41) is 7.17. The molecule has 1 aromatic heterocycles. The number of nitrogens with zero attached hydrogens (tertiary/aromatic N) is 2. The number of amides is 1. The lowest BCUT2D eigenvalue weighted by molar-refractivity contribution is -0.130. The predicted molar refractivity (Wildman–Crippen MR) is 91.8 cm³/mol. The molecule has 0 aliphatic carbocycles. The maximum absolute atomic E-state index is 12.4. The lowest BCUT2D eigenvalue weighted by Crippen LogP contribution is -2.43. The molecular formula is C19H17N3O3. The van der Waals surface area contributed by atoms with Gasteiger partial charge in [-0.1, -0.05) is 30.3 Å². The smallest absolute Gasteiger partial charge is 0.264 e. The van der Waals surface area contributed by atoms with Crippen LogP contribution in [0.2, 0.25) is 0 Å². The molecule has 25 heavy (non-hydrogen) atoms. The Morgan fingerprint density at radius 2 is 1.92 bits per heavy atom. The van der Waals surface area contributed by atoms with Crippen LogP contribution in [0.1, 0.15) is 5.56 Å². The highest BCUT2D eigenvalue weighted by Gasteiger charge is 2.27. The molecule has 0 fully saturated rings. The van der Waals surface area contributed by atoms with Crippen LogP contribution in [0.3, 0.4) is 0 Å². The third-order valence-electron chi connectivity index (χ3n) is 4.00. The molecule has 1 amide bonds. The molecule has 1 aliphatic heterocycles. The zero-order chi connectivity index (χ0) is 17.1. The third kappa shape index (κ3) is 3.19. The summed E-state index contributed by atoms with van der Waals surface area (Å²) in [6, 6.07) is 17.0. The van der Waals surface area contributed by atoms with Crippen molar-refractivity contribution < 1.29 is 14.3 Å². The van der Waals surface area contributed by atoms with E-state index in [0.717, 1.165) is 11.3 Å². The van der Waals surface area contributed by atoms with E-state index in [4.69, 9.17) is 9.47 Å². The minimum Gasteiger partial charge on any atom is -0.485 e. The first-order chi connectivity index (χ1) is 12.3. The second-order valence-corrected chi connectivity index (χ2v) is 5.66. The van der Waals surface area contributed by atoms with Gasteiger partial charge in [-0.25, -0.2) is 4.68 Å². The molecule has 3 aromatic rings. The number of nitrogens with one attached hydrogen (secondary N) is 1. The molecule has 0 saturated carbocycles.